The van der Waals surface area contributed by atoms with Crippen molar-refractivity contribution in [2.45, 2.75) is 39.0 Å². The van der Waals surface area contributed by atoms with E-state index in [1.807, 2.05) is 13.8 Å². The van der Waals surface area contributed by atoms with E-state index in [0.717, 1.165) is 0 Å². The Labute approximate surface area is 122 Å². The van der Waals surface area contributed by atoms with Crippen molar-refractivity contribution in [1.29, 1.82) is 0 Å². The summed E-state index contributed by atoms with van der Waals surface area (Å²) in [5.74, 6) is -0.170. The lowest BCUT2D eigenvalue weighted by Gasteiger charge is -2.32. The Morgan fingerprint density at radius 2 is 1.95 bits per heavy atom. The molecule has 21 heavy (non-hydrogen) atoms. The van der Waals surface area contributed by atoms with E-state index in [4.69, 9.17) is 4.42 Å². The molecule has 1 N–H and O–H groups in total. The van der Waals surface area contributed by atoms with Crippen molar-refractivity contribution in [1.82, 2.24) is 0 Å². The molecule has 0 radical (unpaired) electrons. The standard InChI is InChI=1S/C17H18O4/c1-17(2)8-7-10(9-13(17)18)14-15(19)11-5-3-4-6-12(11)21-16(14)20/h3-6,10,19H,7-9H2,1-2H3/t10-/m1/s1. The number of Topliss-reactive ketones (excluding diaryl/α,β-unsaturated/α-hetero) is 1. The van der Waals surface area contributed by atoms with Gasteiger partial charge in [0.25, 0.3) is 0 Å². The number of hydrogen-bond acceptors (Lipinski definition) is 4. The molecule has 0 aliphatic heterocycles. The van der Waals surface area contributed by atoms with Crippen LogP contribution < -0.4 is 5.63 Å². The van der Waals surface area contributed by atoms with Gasteiger partial charge in [-0.1, -0.05) is 26.0 Å². The average molecular weight is 286 g/mol. The monoisotopic (exact) mass is 286 g/mol. The highest BCUT2D eigenvalue weighted by molar-refractivity contribution is 5.87. The molecule has 0 spiro atoms. The molecular formula is C17H18O4. The number of fused-ring (bicyclic) bond motifs is 1. The fourth-order valence-corrected chi connectivity index (χ4v) is 3.03. The molecule has 2 aromatic rings. The Morgan fingerprint density at radius 3 is 2.67 bits per heavy atom. The number of benzene rings is 1. The van der Waals surface area contributed by atoms with Crippen molar-refractivity contribution in [2.24, 2.45) is 5.41 Å². The highest BCUT2D eigenvalue weighted by atomic mass is 16.4. The summed E-state index contributed by atoms with van der Waals surface area (Å²) < 4.78 is 5.29. The maximum absolute atomic E-state index is 12.2. The number of ketones is 1. The SMILES string of the molecule is CC1(C)CC[C@@H](c2c(O)c3ccccc3oc2=O)CC1=O. The summed E-state index contributed by atoms with van der Waals surface area (Å²) >= 11 is 0. The lowest BCUT2D eigenvalue weighted by Crippen LogP contribution is -2.32. The van der Waals surface area contributed by atoms with E-state index in [1.54, 1.807) is 24.3 Å². The lowest BCUT2D eigenvalue weighted by molar-refractivity contribution is -0.129. The fraction of sp³-hybridized carbons (Fsp3) is 0.412. The van der Waals surface area contributed by atoms with E-state index in [2.05, 4.69) is 0 Å². The predicted molar refractivity (Wildman–Crippen MR) is 79.5 cm³/mol. The van der Waals surface area contributed by atoms with Gasteiger partial charge in [0.2, 0.25) is 0 Å². The molecule has 4 nitrogen and oxygen atoms in total. The lowest BCUT2D eigenvalue weighted by atomic mass is 9.70. The van der Waals surface area contributed by atoms with E-state index in [0.29, 0.717) is 23.8 Å². The zero-order chi connectivity index (χ0) is 15.2. The molecule has 4 heteroatoms. The molecule has 1 aromatic carbocycles. The molecule has 1 heterocycles. The third-order valence-corrected chi connectivity index (χ3v) is 4.53. The summed E-state index contributed by atoms with van der Waals surface area (Å²) in [7, 11) is 0. The van der Waals surface area contributed by atoms with Gasteiger partial charge in [-0.2, -0.15) is 0 Å². The number of rotatable bonds is 1. The van der Waals surface area contributed by atoms with Crippen LogP contribution in [-0.4, -0.2) is 10.9 Å². The Balaban J connectivity index is 2.09. The van der Waals surface area contributed by atoms with E-state index in [-0.39, 0.29) is 34.8 Å². The van der Waals surface area contributed by atoms with Crippen molar-refractivity contribution in [3.63, 3.8) is 0 Å². The van der Waals surface area contributed by atoms with Crippen molar-refractivity contribution >= 4 is 16.8 Å². The minimum Gasteiger partial charge on any atom is -0.507 e. The van der Waals surface area contributed by atoms with Crippen molar-refractivity contribution < 1.29 is 14.3 Å². The number of carbonyl (C=O) groups excluding carboxylic acids is 1. The second kappa shape index (κ2) is 4.72. The third-order valence-electron chi connectivity index (χ3n) is 4.53. The molecule has 0 unspecified atom stereocenters. The molecule has 110 valence electrons. The van der Waals surface area contributed by atoms with E-state index in [1.165, 1.54) is 0 Å². The summed E-state index contributed by atoms with van der Waals surface area (Å²) in [4.78, 5) is 24.4. The fourth-order valence-electron chi connectivity index (χ4n) is 3.03. The van der Waals surface area contributed by atoms with Crippen LogP contribution in [0.4, 0.5) is 0 Å². The molecule has 1 saturated carbocycles. The zero-order valence-electron chi connectivity index (χ0n) is 12.2. The number of hydrogen-bond donors (Lipinski definition) is 1. The molecule has 1 aliphatic carbocycles. The Hall–Kier alpha value is -2.10. The van der Waals surface area contributed by atoms with Crippen LogP contribution in [0.2, 0.25) is 0 Å². The summed E-state index contributed by atoms with van der Waals surface area (Å²) in [6.45, 7) is 3.85. The molecule has 0 amide bonds. The topological polar surface area (TPSA) is 67.5 Å². The normalized spacial score (nSPS) is 21.6. The average Bonchev–Trinajstić information content (AvgIpc) is 2.43. The summed E-state index contributed by atoms with van der Waals surface area (Å²) in [6.07, 6.45) is 1.70. The highest BCUT2D eigenvalue weighted by Gasteiger charge is 2.37. The van der Waals surface area contributed by atoms with Crippen LogP contribution in [0.25, 0.3) is 11.0 Å². The van der Waals surface area contributed by atoms with Gasteiger partial charge in [0.15, 0.2) is 0 Å². The van der Waals surface area contributed by atoms with Crippen molar-refractivity contribution in [3.05, 3.63) is 40.2 Å². The maximum atomic E-state index is 12.2. The molecule has 3 rings (SSSR count). The van der Waals surface area contributed by atoms with Gasteiger partial charge >= 0.3 is 5.63 Å². The molecule has 0 bridgehead atoms. The third kappa shape index (κ3) is 2.24. The molecular weight excluding hydrogens is 268 g/mol. The van der Waals surface area contributed by atoms with Crippen LogP contribution in [0.15, 0.2) is 33.5 Å². The second-order valence-electron chi connectivity index (χ2n) is 6.39. The van der Waals surface area contributed by atoms with Crippen LogP contribution in [0.3, 0.4) is 0 Å². The van der Waals surface area contributed by atoms with Gasteiger partial charge in [-0.15, -0.1) is 0 Å². The number of carbonyl (C=O) groups is 1. The predicted octanol–water partition coefficient (Wildman–Crippen LogP) is 3.36. The minimum absolute atomic E-state index is 0.0423. The highest BCUT2D eigenvalue weighted by Crippen LogP contribution is 2.42. The smallest absolute Gasteiger partial charge is 0.343 e. The summed E-state index contributed by atoms with van der Waals surface area (Å²) in [5.41, 5.74) is -0.268. The Morgan fingerprint density at radius 1 is 1.24 bits per heavy atom. The van der Waals surface area contributed by atoms with Crippen LogP contribution in [0.1, 0.15) is 44.6 Å². The Kier molecular flexibility index (Phi) is 3.12. The first kappa shape index (κ1) is 13.9. The van der Waals surface area contributed by atoms with Gasteiger partial charge in [-0.05, 0) is 25.0 Å². The quantitative estimate of drug-likeness (QED) is 0.816. The summed E-state index contributed by atoms with van der Waals surface area (Å²) in [6, 6.07) is 6.89. The van der Waals surface area contributed by atoms with Gasteiger partial charge < -0.3 is 9.52 Å². The minimum atomic E-state index is -0.538. The molecule has 0 saturated heterocycles. The first-order valence-electron chi connectivity index (χ1n) is 7.18. The van der Waals surface area contributed by atoms with E-state index in [9.17, 15) is 14.7 Å². The van der Waals surface area contributed by atoms with E-state index < -0.39 is 5.63 Å². The number of aromatic hydroxyl groups is 1. The summed E-state index contributed by atoms with van der Waals surface area (Å²) in [5, 5.41) is 10.9. The first-order valence-corrected chi connectivity index (χ1v) is 7.18. The van der Waals surface area contributed by atoms with Gasteiger partial charge in [-0.3, -0.25) is 4.79 Å². The first-order chi connectivity index (χ1) is 9.90. The molecule has 1 aromatic heterocycles. The van der Waals surface area contributed by atoms with Gasteiger partial charge in [-0.25, -0.2) is 4.79 Å². The molecule has 1 fully saturated rings. The van der Waals surface area contributed by atoms with Crippen molar-refractivity contribution in [2.75, 3.05) is 0 Å². The van der Waals surface area contributed by atoms with Crippen molar-refractivity contribution in [3.8, 4) is 5.75 Å². The van der Waals surface area contributed by atoms with Crippen LogP contribution in [-0.2, 0) is 4.79 Å². The van der Waals surface area contributed by atoms with Gasteiger partial charge in [0.1, 0.15) is 17.1 Å². The van der Waals surface area contributed by atoms with Gasteiger partial charge in [0, 0.05) is 17.8 Å². The second-order valence-corrected chi connectivity index (χ2v) is 6.39. The number of para-hydroxylation sites is 1. The largest absolute Gasteiger partial charge is 0.507 e. The molecule has 1 aliphatic rings. The van der Waals surface area contributed by atoms with Crippen LogP contribution >= 0.6 is 0 Å². The van der Waals surface area contributed by atoms with Crippen LogP contribution in [0.5, 0.6) is 5.75 Å². The van der Waals surface area contributed by atoms with Gasteiger partial charge in [0.05, 0.1) is 10.9 Å². The Bertz CT molecular complexity index is 770. The maximum Gasteiger partial charge on any atom is 0.343 e. The van der Waals surface area contributed by atoms with E-state index >= 15 is 0 Å². The van der Waals surface area contributed by atoms with Crippen LogP contribution in [0, 0.1) is 5.41 Å². The zero-order valence-corrected chi connectivity index (χ0v) is 12.2. The molecule has 1 atom stereocenters.